The van der Waals surface area contributed by atoms with E-state index in [1.165, 1.54) is 23.5 Å². The van der Waals surface area contributed by atoms with Crippen molar-refractivity contribution >= 4 is 40.3 Å². The van der Waals surface area contributed by atoms with Crippen molar-refractivity contribution in [3.8, 4) is 0 Å². The number of nitrogens with zero attached hydrogens (tertiary/aromatic N) is 2. The molecule has 0 fully saturated rings. The zero-order chi connectivity index (χ0) is 16.1. The number of carbonyl (C=O) groups is 2. The lowest BCUT2D eigenvalue weighted by Gasteiger charge is -2.03. The molecule has 2 heterocycles. The summed E-state index contributed by atoms with van der Waals surface area (Å²) in [7, 11) is 0. The molecule has 23 heavy (non-hydrogen) atoms. The summed E-state index contributed by atoms with van der Waals surface area (Å²) in [6.45, 7) is 0. The van der Waals surface area contributed by atoms with Gasteiger partial charge >= 0.3 is 0 Å². The maximum Gasteiger partial charge on any atom is 0.279 e. The second-order valence-corrected chi connectivity index (χ2v) is 5.49. The molecule has 0 atom stereocenters. The van der Waals surface area contributed by atoms with Crippen molar-refractivity contribution in [3.05, 3.63) is 64.6 Å². The number of nitrogens with one attached hydrogen (secondary N) is 2. The second-order valence-electron chi connectivity index (χ2n) is 4.54. The monoisotopic (exact) mass is 324 g/mol. The van der Waals surface area contributed by atoms with Crippen LogP contribution in [0.5, 0.6) is 0 Å². The Kier molecular flexibility index (Phi) is 4.39. The average molecular weight is 324 g/mol. The average Bonchev–Trinajstić information content (AvgIpc) is 3.12. The van der Waals surface area contributed by atoms with E-state index in [0.717, 1.165) is 11.0 Å². The molecule has 2 aromatic heterocycles. The highest BCUT2D eigenvalue weighted by molar-refractivity contribution is 7.12. The first-order valence-corrected chi connectivity index (χ1v) is 7.64. The van der Waals surface area contributed by atoms with Gasteiger partial charge in [-0.3, -0.25) is 25.4 Å². The van der Waals surface area contributed by atoms with Gasteiger partial charge in [0.25, 0.3) is 11.8 Å². The fourth-order valence-electron chi connectivity index (χ4n) is 1.84. The number of fused-ring (bicyclic) bond motifs is 1. The smallest absolute Gasteiger partial charge is 0.268 e. The number of para-hydroxylation sites is 2. The van der Waals surface area contributed by atoms with Gasteiger partial charge in [-0.25, -0.2) is 4.98 Å². The quantitative estimate of drug-likeness (QED) is 0.571. The molecule has 3 rings (SSSR count). The summed E-state index contributed by atoms with van der Waals surface area (Å²) >= 11 is 1.29. The summed E-state index contributed by atoms with van der Waals surface area (Å²) in [5.74, 6) is -0.808. The van der Waals surface area contributed by atoms with Crippen molar-refractivity contribution in [1.82, 2.24) is 20.8 Å². The van der Waals surface area contributed by atoms with Crippen molar-refractivity contribution in [3.63, 3.8) is 0 Å². The number of carbonyl (C=O) groups excluding carboxylic acids is 2. The van der Waals surface area contributed by atoms with E-state index in [0.29, 0.717) is 10.6 Å². The Bertz CT molecular complexity index is 875. The van der Waals surface area contributed by atoms with Crippen LogP contribution in [0.4, 0.5) is 0 Å². The Balaban J connectivity index is 1.60. The second kappa shape index (κ2) is 6.80. The maximum atomic E-state index is 11.7. The highest BCUT2D eigenvalue weighted by Gasteiger charge is 2.06. The van der Waals surface area contributed by atoms with Crippen LogP contribution in [0.25, 0.3) is 17.1 Å². The largest absolute Gasteiger partial charge is 0.279 e. The first-order chi connectivity index (χ1) is 11.2. The van der Waals surface area contributed by atoms with Crippen LogP contribution in [0.15, 0.2) is 54.1 Å². The van der Waals surface area contributed by atoms with E-state index >= 15 is 0 Å². The Morgan fingerprint density at radius 1 is 1.04 bits per heavy atom. The van der Waals surface area contributed by atoms with Crippen LogP contribution in [0.2, 0.25) is 0 Å². The van der Waals surface area contributed by atoms with Crippen LogP contribution in [-0.2, 0) is 4.79 Å². The van der Waals surface area contributed by atoms with E-state index < -0.39 is 5.91 Å². The molecule has 0 saturated heterocycles. The van der Waals surface area contributed by atoms with Crippen LogP contribution >= 0.6 is 11.3 Å². The standard InChI is InChI=1S/C16H12N4O2S/c21-15(19-20-16(22)14-6-3-9-23-14)8-7-11-10-17-12-4-1-2-5-13(12)18-11/h1-10H,(H,19,21)(H,20,22)/b8-7+. The molecule has 0 radical (unpaired) electrons. The van der Waals surface area contributed by atoms with E-state index in [9.17, 15) is 9.59 Å². The minimum atomic E-state index is -0.454. The summed E-state index contributed by atoms with van der Waals surface area (Å²) in [5, 5.41) is 1.79. The third kappa shape index (κ3) is 3.78. The maximum absolute atomic E-state index is 11.7. The number of benzene rings is 1. The predicted octanol–water partition coefficient (Wildman–Crippen LogP) is 2.17. The van der Waals surface area contributed by atoms with Crippen LogP contribution in [0, 0.1) is 0 Å². The third-order valence-corrected chi connectivity index (χ3v) is 3.79. The van der Waals surface area contributed by atoms with E-state index in [1.54, 1.807) is 23.7 Å². The lowest BCUT2D eigenvalue weighted by molar-refractivity contribution is -0.117. The topological polar surface area (TPSA) is 84.0 Å². The van der Waals surface area contributed by atoms with Gasteiger partial charge in [-0.2, -0.15) is 0 Å². The van der Waals surface area contributed by atoms with Crippen molar-refractivity contribution < 1.29 is 9.59 Å². The molecule has 7 heteroatoms. The Morgan fingerprint density at radius 3 is 2.65 bits per heavy atom. The molecule has 0 spiro atoms. The number of aromatic nitrogens is 2. The lowest BCUT2D eigenvalue weighted by atomic mass is 10.3. The normalized spacial score (nSPS) is 10.8. The molecule has 0 aliphatic carbocycles. The van der Waals surface area contributed by atoms with Gasteiger partial charge in [-0.05, 0) is 29.7 Å². The first-order valence-electron chi connectivity index (χ1n) is 6.76. The van der Waals surface area contributed by atoms with Crippen LogP contribution in [-0.4, -0.2) is 21.8 Å². The van der Waals surface area contributed by atoms with Gasteiger partial charge in [-0.1, -0.05) is 18.2 Å². The van der Waals surface area contributed by atoms with Crippen LogP contribution in [0.1, 0.15) is 15.4 Å². The van der Waals surface area contributed by atoms with E-state index in [1.807, 2.05) is 24.3 Å². The summed E-state index contributed by atoms with van der Waals surface area (Å²) < 4.78 is 0. The van der Waals surface area contributed by atoms with Gasteiger partial charge < -0.3 is 0 Å². The molecule has 0 aliphatic heterocycles. The van der Waals surface area contributed by atoms with Crippen molar-refractivity contribution in [2.24, 2.45) is 0 Å². The van der Waals surface area contributed by atoms with Gasteiger partial charge in [-0.15, -0.1) is 11.3 Å². The molecular weight excluding hydrogens is 312 g/mol. The first kappa shape index (κ1) is 14.9. The van der Waals surface area contributed by atoms with Crippen molar-refractivity contribution in [2.75, 3.05) is 0 Å². The van der Waals surface area contributed by atoms with Gasteiger partial charge in [0.05, 0.1) is 27.8 Å². The molecule has 114 valence electrons. The molecule has 0 bridgehead atoms. The number of rotatable bonds is 3. The number of amides is 2. The zero-order valence-electron chi connectivity index (χ0n) is 11.9. The fourth-order valence-corrected chi connectivity index (χ4v) is 2.46. The third-order valence-electron chi connectivity index (χ3n) is 2.92. The Morgan fingerprint density at radius 2 is 1.87 bits per heavy atom. The molecule has 2 amide bonds. The molecule has 0 saturated carbocycles. The van der Waals surface area contributed by atoms with E-state index in [2.05, 4.69) is 20.8 Å². The highest BCUT2D eigenvalue weighted by atomic mass is 32.1. The Labute approximate surface area is 135 Å². The van der Waals surface area contributed by atoms with Gasteiger partial charge in [0.2, 0.25) is 0 Å². The van der Waals surface area contributed by atoms with Crippen LogP contribution in [0.3, 0.4) is 0 Å². The van der Waals surface area contributed by atoms with Gasteiger partial charge in [0, 0.05) is 6.08 Å². The lowest BCUT2D eigenvalue weighted by Crippen LogP contribution is -2.40. The Hall–Kier alpha value is -3.06. The SMILES string of the molecule is O=C(/C=C/c1cnc2ccccc2n1)NNC(=O)c1cccs1. The van der Waals surface area contributed by atoms with Crippen molar-refractivity contribution in [2.45, 2.75) is 0 Å². The molecular formula is C16H12N4O2S. The summed E-state index contributed by atoms with van der Waals surface area (Å²) in [5.41, 5.74) is 6.75. The highest BCUT2D eigenvalue weighted by Crippen LogP contribution is 2.09. The van der Waals surface area contributed by atoms with Crippen LogP contribution < -0.4 is 10.9 Å². The van der Waals surface area contributed by atoms with E-state index in [-0.39, 0.29) is 5.91 Å². The zero-order valence-corrected chi connectivity index (χ0v) is 12.7. The predicted molar refractivity (Wildman–Crippen MR) is 88.5 cm³/mol. The molecule has 6 nitrogen and oxygen atoms in total. The summed E-state index contributed by atoms with van der Waals surface area (Å²) in [6, 6.07) is 10.9. The van der Waals surface area contributed by atoms with Gasteiger partial charge in [0.15, 0.2) is 0 Å². The molecule has 1 aromatic carbocycles. The number of hydrazine groups is 1. The van der Waals surface area contributed by atoms with Gasteiger partial charge in [0.1, 0.15) is 0 Å². The number of thiophene rings is 1. The fraction of sp³-hybridized carbons (Fsp3) is 0. The minimum Gasteiger partial charge on any atom is -0.268 e. The van der Waals surface area contributed by atoms with Crippen molar-refractivity contribution in [1.29, 1.82) is 0 Å². The molecule has 2 N–H and O–H groups in total. The number of hydrogen-bond donors (Lipinski definition) is 2. The summed E-state index contributed by atoms with van der Waals surface area (Å²) in [6.07, 6.45) is 4.40. The molecule has 0 aliphatic rings. The number of hydrogen-bond acceptors (Lipinski definition) is 5. The molecule has 3 aromatic rings. The van der Waals surface area contributed by atoms with E-state index in [4.69, 9.17) is 0 Å². The summed E-state index contributed by atoms with van der Waals surface area (Å²) in [4.78, 5) is 32.5. The molecule has 0 unspecified atom stereocenters. The minimum absolute atomic E-state index is 0.354.